The van der Waals surface area contributed by atoms with Crippen molar-refractivity contribution >= 4 is 28.9 Å². The molecule has 0 unspecified atom stereocenters. The Morgan fingerprint density at radius 1 is 1.25 bits per heavy atom. The van der Waals surface area contributed by atoms with E-state index < -0.39 is 11.7 Å². The van der Waals surface area contributed by atoms with Crippen LogP contribution in [0.1, 0.15) is 15.9 Å². The summed E-state index contributed by atoms with van der Waals surface area (Å²) in [5, 5.41) is 5.82. The largest absolute Gasteiger partial charge is 0.385 e. The van der Waals surface area contributed by atoms with E-state index in [-0.39, 0.29) is 11.3 Å². The summed E-state index contributed by atoms with van der Waals surface area (Å²) in [5.74, 6) is -0.892. The van der Waals surface area contributed by atoms with E-state index in [1.165, 1.54) is 12.1 Å². The highest BCUT2D eigenvalue weighted by atomic mass is 35.5. The molecule has 3 nitrogen and oxygen atoms in total. The van der Waals surface area contributed by atoms with Crippen molar-refractivity contribution in [3.63, 3.8) is 0 Å². The van der Waals surface area contributed by atoms with Crippen molar-refractivity contribution < 1.29 is 9.18 Å². The Bertz CT molecular complexity index is 658. The van der Waals surface area contributed by atoms with Crippen molar-refractivity contribution in [2.75, 3.05) is 17.7 Å². The van der Waals surface area contributed by atoms with Crippen LogP contribution in [0, 0.1) is 12.7 Å². The monoisotopic (exact) mass is 292 g/mol. The fourth-order valence-electron chi connectivity index (χ4n) is 1.89. The zero-order valence-electron chi connectivity index (χ0n) is 11.1. The predicted octanol–water partition coefficient (Wildman–Crippen LogP) is 4.08. The van der Waals surface area contributed by atoms with Gasteiger partial charge in [-0.05, 0) is 36.8 Å². The maximum Gasteiger partial charge on any atom is 0.257 e. The summed E-state index contributed by atoms with van der Waals surface area (Å²) in [4.78, 5) is 12.2. The minimum absolute atomic E-state index is 0.161. The molecule has 0 spiro atoms. The molecule has 0 aliphatic carbocycles. The molecule has 5 heteroatoms. The lowest BCUT2D eigenvalue weighted by Crippen LogP contribution is -2.15. The Hall–Kier alpha value is -2.07. The van der Waals surface area contributed by atoms with Crippen LogP contribution in [0.3, 0.4) is 0 Å². The molecule has 1 amide bonds. The van der Waals surface area contributed by atoms with Crippen molar-refractivity contribution in [1.82, 2.24) is 0 Å². The van der Waals surface area contributed by atoms with E-state index >= 15 is 0 Å². The van der Waals surface area contributed by atoms with E-state index in [0.29, 0.717) is 10.7 Å². The normalized spacial score (nSPS) is 10.2. The van der Waals surface area contributed by atoms with Gasteiger partial charge in [0.25, 0.3) is 5.91 Å². The highest BCUT2D eigenvalue weighted by molar-refractivity contribution is 6.34. The summed E-state index contributed by atoms with van der Waals surface area (Å²) >= 11 is 6.03. The molecular formula is C15H14ClFN2O. The standard InChI is InChI=1S/C15H14ClFN2O/c1-9-6-7-11(16)13(8-9)19-15(20)10-4-3-5-12(17)14(10)18-2/h3-8,18H,1-2H3,(H,19,20). The number of hydrogen-bond donors (Lipinski definition) is 2. The molecule has 0 saturated carbocycles. The molecule has 0 atom stereocenters. The van der Waals surface area contributed by atoms with Gasteiger partial charge in [0.1, 0.15) is 5.82 Å². The number of aryl methyl sites for hydroxylation is 1. The molecule has 0 heterocycles. The Balaban J connectivity index is 2.33. The first-order valence-electron chi connectivity index (χ1n) is 6.06. The fourth-order valence-corrected chi connectivity index (χ4v) is 2.06. The quantitative estimate of drug-likeness (QED) is 0.895. The van der Waals surface area contributed by atoms with Crippen molar-refractivity contribution in [2.45, 2.75) is 6.92 Å². The molecule has 20 heavy (non-hydrogen) atoms. The molecule has 0 aromatic heterocycles. The van der Waals surface area contributed by atoms with Gasteiger partial charge >= 0.3 is 0 Å². The van der Waals surface area contributed by atoms with Crippen molar-refractivity contribution in [3.8, 4) is 0 Å². The van der Waals surface area contributed by atoms with Gasteiger partial charge in [-0.1, -0.05) is 23.7 Å². The number of anilines is 2. The highest BCUT2D eigenvalue weighted by Crippen LogP contribution is 2.25. The number of amides is 1. The first-order chi connectivity index (χ1) is 9.52. The second-order valence-corrected chi connectivity index (χ2v) is 4.76. The molecule has 2 rings (SSSR count). The van der Waals surface area contributed by atoms with Gasteiger partial charge in [0.05, 0.1) is 22.0 Å². The highest BCUT2D eigenvalue weighted by Gasteiger charge is 2.15. The van der Waals surface area contributed by atoms with Crippen molar-refractivity contribution in [1.29, 1.82) is 0 Å². The number of para-hydroxylation sites is 1. The van der Waals surface area contributed by atoms with E-state index in [9.17, 15) is 9.18 Å². The predicted molar refractivity (Wildman–Crippen MR) is 80.1 cm³/mol. The Morgan fingerprint density at radius 2 is 2.00 bits per heavy atom. The summed E-state index contributed by atoms with van der Waals surface area (Å²) in [7, 11) is 1.56. The van der Waals surface area contributed by atoms with Crippen LogP contribution in [0.25, 0.3) is 0 Å². The third-order valence-corrected chi connectivity index (χ3v) is 3.21. The Morgan fingerprint density at radius 3 is 2.70 bits per heavy atom. The van der Waals surface area contributed by atoms with E-state index in [2.05, 4.69) is 10.6 Å². The molecule has 0 aliphatic rings. The Kier molecular flexibility index (Phi) is 4.25. The molecular weight excluding hydrogens is 279 g/mol. The minimum Gasteiger partial charge on any atom is -0.385 e. The van der Waals surface area contributed by atoms with Gasteiger partial charge in [-0.3, -0.25) is 4.79 Å². The number of halogens is 2. The molecule has 2 aromatic rings. The first kappa shape index (κ1) is 14.3. The lowest BCUT2D eigenvalue weighted by molar-refractivity contribution is 0.102. The van der Waals surface area contributed by atoms with Crippen LogP contribution in [0.15, 0.2) is 36.4 Å². The van der Waals surface area contributed by atoms with Crippen molar-refractivity contribution in [3.05, 3.63) is 58.4 Å². The van der Waals surface area contributed by atoms with E-state index in [0.717, 1.165) is 5.56 Å². The molecule has 2 N–H and O–H groups in total. The van der Waals surface area contributed by atoms with Crippen molar-refractivity contribution in [2.24, 2.45) is 0 Å². The van der Waals surface area contributed by atoms with Gasteiger partial charge in [0.15, 0.2) is 0 Å². The number of rotatable bonds is 3. The second kappa shape index (κ2) is 5.92. The van der Waals surface area contributed by atoms with Crippen LogP contribution in [-0.2, 0) is 0 Å². The summed E-state index contributed by atoms with van der Waals surface area (Å²) < 4.78 is 13.6. The van der Waals surface area contributed by atoms with E-state index in [1.54, 1.807) is 25.2 Å². The fraction of sp³-hybridized carbons (Fsp3) is 0.133. The summed E-state index contributed by atoms with van der Waals surface area (Å²) in [5.41, 5.74) is 1.86. The molecule has 2 aromatic carbocycles. The topological polar surface area (TPSA) is 41.1 Å². The molecule has 0 aliphatic heterocycles. The molecule has 0 saturated heterocycles. The zero-order valence-corrected chi connectivity index (χ0v) is 11.9. The van der Waals surface area contributed by atoms with Crippen LogP contribution >= 0.6 is 11.6 Å². The zero-order chi connectivity index (χ0) is 14.7. The number of hydrogen-bond acceptors (Lipinski definition) is 2. The van der Waals surface area contributed by atoms with E-state index in [1.807, 2.05) is 13.0 Å². The van der Waals surface area contributed by atoms with Gasteiger partial charge in [-0.25, -0.2) is 4.39 Å². The number of carbonyl (C=O) groups is 1. The lowest BCUT2D eigenvalue weighted by atomic mass is 10.1. The summed E-state index contributed by atoms with van der Waals surface area (Å²) in [6, 6.07) is 9.65. The third-order valence-electron chi connectivity index (χ3n) is 2.88. The van der Waals surface area contributed by atoms with E-state index in [4.69, 9.17) is 11.6 Å². The first-order valence-corrected chi connectivity index (χ1v) is 6.44. The van der Waals surface area contributed by atoms with Crippen LogP contribution in [0.4, 0.5) is 15.8 Å². The maximum absolute atomic E-state index is 13.6. The van der Waals surface area contributed by atoms with Crippen LogP contribution < -0.4 is 10.6 Å². The lowest BCUT2D eigenvalue weighted by Gasteiger charge is -2.12. The van der Waals surface area contributed by atoms with Gasteiger partial charge in [-0.2, -0.15) is 0 Å². The third kappa shape index (κ3) is 2.91. The maximum atomic E-state index is 13.6. The average Bonchev–Trinajstić information content (AvgIpc) is 2.42. The molecule has 0 radical (unpaired) electrons. The van der Waals surface area contributed by atoms with Crippen LogP contribution in [0.2, 0.25) is 5.02 Å². The van der Waals surface area contributed by atoms with Gasteiger partial charge in [0, 0.05) is 7.05 Å². The summed E-state index contributed by atoms with van der Waals surface area (Å²) in [6.07, 6.45) is 0. The van der Waals surface area contributed by atoms with Gasteiger partial charge in [-0.15, -0.1) is 0 Å². The number of benzene rings is 2. The Labute approximate surface area is 121 Å². The van der Waals surface area contributed by atoms with Crippen LogP contribution in [0.5, 0.6) is 0 Å². The smallest absolute Gasteiger partial charge is 0.257 e. The van der Waals surface area contributed by atoms with Crippen LogP contribution in [-0.4, -0.2) is 13.0 Å². The molecule has 0 bridgehead atoms. The average molecular weight is 293 g/mol. The van der Waals surface area contributed by atoms with Gasteiger partial charge < -0.3 is 10.6 Å². The number of nitrogens with one attached hydrogen (secondary N) is 2. The summed E-state index contributed by atoms with van der Waals surface area (Å²) in [6.45, 7) is 1.90. The molecule has 0 fully saturated rings. The minimum atomic E-state index is -0.476. The SMILES string of the molecule is CNc1c(F)cccc1C(=O)Nc1cc(C)ccc1Cl. The van der Waals surface area contributed by atoms with Gasteiger partial charge in [0.2, 0.25) is 0 Å². The molecule has 104 valence electrons. The second-order valence-electron chi connectivity index (χ2n) is 4.35. The number of carbonyl (C=O) groups excluding carboxylic acids is 1.